The minimum atomic E-state index is -1.50. The van der Waals surface area contributed by atoms with E-state index in [1.165, 1.54) is 7.11 Å². The van der Waals surface area contributed by atoms with E-state index in [-0.39, 0.29) is 11.2 Å². The normalized spacial score (nSPS) is 15.4. The summed E-state index contributed by atoms with van der Waals surface area (Å²) in [5, 5.41) is 18.2. The third-order valence-corrected chi connectivity index (χ3v) is 7.21. The number of nitrogens with zero attached hydrogens (tertiary/aromatic N) is 4. The molecule has 0 atom stereocenters. The van der Waals surface area contributed by atoms with Crippen molar-refractivity contribution in [2.45, 2.75) is 52.7 Å². The number of aryl methyl sites for hydroxylation is 2. The Kier molecular flexibility index (Phi) is 8.46. The predicted molar refractivity (Wildman–Crippen MR) is 155 cm³/mol. The molecule has 0 radical (unpaired) electrons. The molecule has 3 heterocycles. The van der Waals surface area contributed by atoms with Gasteiger partial charge in [0.05, 0.1) is 60.8 Å². The maximum Gasteiger partial charge on any atom is 0.494 e. The Morgan fingerprint density at radius 1 is 0.775 bits per heavy atom. The van der Waals surface area contributed by atoms with Crippen molar-refractivity contribution in [3.63, 3.8) is 0 Å². The van der Waals surface area contributed by atoms with E-state index in [2.05, 4.69) is 9.97 Å². The van der Waals surface area contributed by atoms with Crippen LogP contribution in [0.15, 0.2) is 61.4 Å². The van der Waals surface area contributed by atoms with Crippen LogP contribution in [0.25, 0.3) is 11.4 Å². The average molecular weight is 546 g/mol. The molecule has 12 heteroatoms. The van der Waals surface area contributed by atoms with Crippen molar-refractivity contribution in [3.8, 4) is 22.9 Å². The molecule has 0 bridgehead atoms. The molecule has 0 saturated carbocycles. The van der Waals surface area contributed by atoms with Crippen LogP contribution in [0.5, 0.6) is 11.5 Å². The topological polar surface area (TPSA) is 113 Å². The summed E-state index contributed by atoms with van der Waals surface area (Å²) in [6, 6.07) is 11.0. The Bertz CT molecular complexity index is 1450. The van der Waals surface area contributed by atoms with Crippen molar-refractivity contribution >= 4 is 25.2 Å². The fraction of sp³-hybridized carbons (Fsp3) is 0.357. The SMILES string of the molecule is COc1cc(B(O)O)ccc1-n1cnc(C)c1.COc1cc(B2OC(C)(C)C(C)(C)O2)ccc1-n1cnc(C)c1. The largest absolute Gasteiger partial charge is 0.495 e. The first-order valence-corrected chi connectivity index (χ1v) is 12.9. The van der Waals surface area contributed by atoms with Crippen LogP contribution in [0.1, 0.15) is 39.1 Å². The maximum absolute atomic E-state index is 9.09. The Morgan fingerprint density at radius 2 is 1.25 bits per heavy atom. The molecule has 40 heavy (non-hydrogen) atoms. The fourth-order valence-corrected chi connectivity index (χ4v) is 4.21. The minimum absolute atomic E-state index is 0.356. The second-order valence-corrected chi connectivity index (χ2v) is 10.7. The van der Waals surface area contributed by atoms with E-state index >= 15 is 0 Å². The molecule has 0 aliphatic carbocycles. The van der Waals surface area contributed by atoms with Crippen LogP contribution in [-0.4, -0.2) is 68.8 Å². The zero-order valence-corrected chi connectivity index (χ0v) is 24.2. The summed E-state index contributed by atoms with van der Waals surface area (Å²) in [4.78, 5) is 8.40. The number of imidazole rings is 2. The van der Waals surface area contributed by atoms with Crippen LogP contribution < -0.4 is 20.4 Å². The van der Waals surface area contributed by atoms with Gasteiger partial charge in [-0.05, 0) is 76.7 Å². The zero-order valence-electron chi connectivity index (χ0n) is 24.2. The first-order valence-electron chi connectivity index (χ1n) is 12.9. The molecule has 210 valence electrons. The quantitative estimate of drug-likeness (QED) is 0.355. The van der Waals surface area contributed by atoms with Crippen LogP contribution in [0.4, 0.5) is 0 Å². The molecule has 0 amide bonds. The number of hydrogen-bond acceptors (Lipinski definition) is 8. The number of ether oxygens (including phenoxy) is 2. The third kappa shape index (κ3) is 6.10. The second kappa shape index (κ2) is 11.5. The van der Waals surface area contributed by atoms with Gasteiger partial charge < -0.3 is 38.0 Å². The molecule has 2 N–H and O–H groups in total. The highest BCUT2D eigenvalue weighted by atomic mass is 16.7. The van der Waals surface area contributed by atoms with Gasteiger partial charge >= 0.3 is 14.2 Å². The molecule has 2 aromatic carbocycles. The molecule has 0 spiro atoms. The van der Waals surface area contributed by atoms with Gasteiger partial charge in [-0.1, -0.05) is 12.1 Å². The van der Waals surface area contributed by atoms with Gasteiger partial charge in [-0.15, -0.1) is 0 Å². The summed E-state index contributed by atoms with van der Waals surface area (Å²) < 4.78 is 26.8. The molecule has 2 aromatic heterocycles. The van der Waals surface area contributed by atoms with Gasteiger partial charge in [-0.3, -0.25) is 0 Å². The fourth-order valence-electron chi connectivity index (χ4n) is 4.21. The molecule has 5 rings (SSSR count). The Balaban J connectivity index is 0.000000194. The lowest BCUT2D eigenvalue weighted by atomic mass is 9.79. The van der Waals surface area contributed by atoms with Gasteiger partial charge in [0.1, 0.15) is 11.5 Å². The monoisotopic (exact) mass is 546 g/mol. The van der Waals surface area contributed by atoms with E-state index in [4.69, 9.17) is 28.8 Å². The number of aromatic nitrogens is 4. The van der Waals surface area contributed by atoms with Crippen LogP contribution in [0.2, 0.25) is 0 Å². The Hall–Kier alpha value is -3.57. The standard InChI is InChI=1S/C17H23BN2O3.C11H13BN2O3/c1-12-10-20(11-19-12)14-8-7-13(9-15(14)21-6)18-22-16(2,3)17(4,5)23-18;1-8-6-14(7-13-8)10-4-3-9(12(15)16)5-11(10)17-2/h7-11H,1-6H3;3-7,15-16H,1-2H3. The molecule has 1 aliphatic heterocycles. The Labute approximate surface area is 235 Å². The van der Waals surface area contributed by atoms with Crippen LogP contribution in [0.3, 0.4) is 0 Å². The van der Waals surface area contributed by atoms with Gasteiger partial charge in [0.15, 0.2) is 0 Å². The van der Waals surface area contributed by atoms with Crippen molar-refractivity contribution in [1.29, 1.82) is 0 Å². The Morgan fingerprint density at radius 3 is 1.68 bits per heavy atom. The first-order chi connectivity index (χ1) is 18.8. The molecule has 1 fully saturated rings. The van der Waals surface area contributed by atoms with Crippen molar-refractivity contribution < 1.29 is 28.8 Å². The number of rotatable bonds is 6. The lowest BCUT2D eigenvalue weighted by Gasteiger charge is -2.32. The second-order valence-electron chi connectivity index (χ2n) is 10.7. The van der Waals surface area contributed by atoms with Crippen LogP contribution in [-0.2, 0) is 9.31 Å². The maximum atomic E-state index is 9.09. The highest BCUT2D eigenvalue weighted by Gasteiger charge is 2.51. The van der Waals surface area contributed by atoms with Crippen molar-refractivity contribution in [1.82, 2.24) is 19.1 Å². The van der Waals surface area contributed by atoms with Gasteiger partial charge in [-0.25, -0.2) is 9.97 Å². The van der Waals surface area contributed by atoms with Crippen LogP contribution >= 0.6 is 0 Å². The number of benzene rings is 2. The highest BCUT2D eigenvalue weighted by molar-refractivity contribution is 6.62. The molecule has 4 aromatic rings. The summed E-state index contributed by atoms with van der Waals surface area (Å²) in [5.41, 5.74) is 4.23. The highest BCUT2D eigenvalue weighted by Crippen LogP contribution is 2.37. The molecule has 0 unspecified atom stereocenters. The molecular weight excluding hydrogens is 510 g/mol. The van der Waals surface area contributed by atoms with Gasteiger partial charge in [-0.2, -0.15) is 0 Å². The van der Waals surface area contributed by atoms with Gasteiger partial charge in [0, 0.05) is 12.4 Å². The summed E-state index contributed by atoms with van der Waals surface area (Å²) in [7, 11) is 1.31. The van der Waals surface area contributed by atoms with Gasteiger partial charge in [0.25, 0.3) is 0 Å². The number of hydrogen-bond donors (Lipinski definition) is 2. The van der Waals surface area contributed by atoms with E-state index in [9.17, 15) is 0 Å². The molecule has 1 aliphatic rings. The van der Waals surface area contributed by atoms with Crippen molar-refractivity contribution in [2.75, 3.05) is 14.2 Å². The summed E-state index contributed by atoms with van der Waals surface area (Å²) in [5.74, 6) is 1.32. The van der Waals surface area contributed by atoms with Crippen molar-refractivity contribution in [3.05, 3.63) is 72.8 Å². The van der Waals surface area contributed by atoms with Gasteiger partial charge in [0.2, 0.25) is 0 Å². The van der Waals surface area contributed by atoms with E-state index in [1.807, 2.05) is 81.3 Å². The van der Waals surface area contributed by atoms with E-state index < -0.39 is 14.2 Å². The summed E-state index contributed by atoms with van der Waals surface area (Å²) in [6.07, 6.45) is 7.29. The van der Waals surface area contributed by atoms with Crippen molar-refractivity contribution in [2.24, 2.45) is 0 Å². The lowest BCUT2D eigenvalue weighted by molar-refractivity contribution is 0.00578. The summed E-state index contributed by atoms with van der Waals surface area (Å²) in [6.45, 7) is 12.1. The first kappa shape index (κ1) is 29.4. The van der Waals surface area contributed by atoms with E-state index in [1.54, 1.807) is 38.0 Å². The summed E-state index contributed by atoms with van der Waals surface area (Å²) >= 11 is 0. The molecule has 1 saturated heterocycles. The molecule has 10 nitrogen and oxygen atoms in total. The average Bonchev–Trinajstić information content (AvgIpc) is 3.60. The smallest absolute Gasteiger partial charge is 0.494 e. The lowest BCUT2D eigenvalue weighted by Crippen LogP contribution is -2.41. The third-order valence-electron chi connectivity index (χ3n) is 7.21. The predicted octanol–water partition coefficient (Wildman–Crippen LogP) is 2.36. The minimum Gasteiger partial charge on any atom is -0.495 e. The zero-order chi connectivity index (χ0) is 29.2. The van der Waals surface area contributed by atoms with Crippen LogP contribution in [0, 0.1) is 13.8 Å². The number of methoxy groups -OCH3 is 2. The molecular formula is C28H36B2N4O6. The van der Waals surface area contributed by atoms with E-state index in [0.717, 1.165) is 34.0 Å². The van der Waals surface area contributed by atoms with E-state index in [0.29, 0.717) is 11.2 Å².